The topological polar surface area (TPSA) is 71.8 Å². The number of urea groups is 1. The van der Waals surface area contributed by atoms with Gasteiger partial charge in [-0.2, -0.15) is 0 Å². The summed E-state index contributed by atoms with van der Waals surface area (Å²) < 4.78 is 1.92. The minimum atomic E-state index is -0.519. The van der Waals surface area contributed by atoms with E-state index in [4.69, 9.17) is 23.2 Å². The zero-order valence-corrected chi connectivity index (χ0v) is 25.0. The lowest BCUT2D eigenvalue weighted by atomic mass is 10.1. The van der Waals surface area contributed by atoms with Crippen LogP contribution in [0, 0.1) is 13.8 Å². The second-order valence-corrected chi connectivity index (χ2v) is 11.5. The summed E-state index contributed by atoms with van der Waals surface area (Å²) in [6, 6.07) is 30.4. The van der Waals surface area contributed by atoms with Gasteiger partial charge in [0, 0.05) is 22.9 Å². The number of carbonyl (C=O) groups is 1. The first-order valence-corrected chi connectivity index (χ1v) is 14.9. The van der Waals surface area contributed by atoms with Crippen molar-refractivity contribution in [3.63, 3.8) is 0 Å². The van der Waals surface area contributed by atoms with E-state index in [1.807, 2.05) is 78.2 Å². The molecule has 5 rings (SSSR count). The van der Waals surface area contributed by atoms with Gasteiger partial charge in [0.15, 0.2) is 11.0 Å². The van der Waals surface area contributed by atoms with Gasteiger partial charge in [-0.1, -0.05) is 113 Å². The molecule has 208 valence electrons. The summed E-state index contributed by atoms with van der Waals surface area (Å²) in [5.74, 6) is 1.25. The van der Waals surface area contributed by atoms with E-state index in [1.165, 1.54) is 11.1 Å². The fourth-order valence-corrected chi connectivity index (χ4v) is 5.91. The minimum Gasteiger partial charge on any atom is -0.327 e. The van der Waals surface area contributed by atoms with Crippen LogP contribution in [0.1, 0.15) is 34.1 Å². The van der Waals surface area contributed by atoms with Crippen LogP contribution >= 0.6 is 35.0 Å². The quantitative estimate of drug-likeness (QED) is 0.166. The van der Waals surface area contributed by atoms with E-state index in [-0.39, 0.29) is 6.03 Å². The van der Waals surface area contributed by atoms with Crippen LogP contribution in [0.15, 0.2) is 102 Å². The number of nitrogens with one attached hydrogen (secondary N) is 2. The van der Waals surface area contributed by atoms with Crippen molar-refractivity contribution in [1.82, 2.24) is 20.1 Å². The lowest BCUT2D eigenvalue weighted by Crippen LogP contribution is -2.35. The van der Waals surface area contributed by atoms with Gasteiger partial charge in [0.25, 0.3) is 0 Å². The highest BCUT2D eigenvalue weighted by Gasteiger charge is 2.26. The molecule has 1 aromatic heterocycles. The average molecular weight is 603 g/mol. The number of nitrogens with zero attached hydrogens (tertiary/aromatic N) is 3. The molecule has 0 aliphatic rings. The predicted octanol–water partition coefficient (Wildman–Crippen LogP) is 8.59. The van der Waals surface area contributed by atoms with Crippen LogP contribution in [0.4, 0.5) is 10.5 Å². The molecular formula is C32H29Cl2N5OS. The number of halogens is 2. The number of thioether (sulfide) groups is 1. The number of hydrogen-bond acceptors (Lipinski definition) is 4. The molecule has 4 aromatic carbocycles. The van der Waals surface area contributed by atoms with Crippen molar-refractivity contribution in [1.29, 1.82) is 0 Å². The Kier molecular flexibility index (Phi) is 9.29. The van der Waals surface area contributed by atoms with Gasteiger partial charge in [-0.15, -0.1) is 10.2 Å². The number of aromatic nitrogens is 3. The van der Waals surface area contributed by atoms with Gasteiger partial charge < -0.3 is 10.6 Å². The predicted molar refractivity (Wildman–Crippen MR) is 168 cm³/mol. The zero-order valence-electron chi connectivity index (χ0n) is 22.6. The molecule has 0 saturated heterocycles. The third-order valence-corrected chi connectivity index (χ3v) is 8.09. The van der Waals surface area contributed by atoms with Crippen molar-refractivity contribution in [2.24, 2.45) is 0 Å². The van der Waals surface area contributed by atoms with Crippen molar-refractivity contribution in [3.8, 4) is 5.69 Å². The molecule has 0 spiro atoms. The first-order valence-electron chi connectivity index (χ1n) is 13.1. The molecule has 1 unspecified atom stereocenters. The Morgan fingerprint density at radius 2 is 1.63 bits per heavy atom. The molecule has 0 saturated carbocycles. The smallest absolute Gasteiger partial charge is 0.319 e. The maximum atomic E-state index is 13.3. The van der Waals surface area contributed by atoms with Gasteiger partial charge in [0.2, 0.25) is 0 Å². The fraction of sp³-hybridized carbons (Fsp3) is 0.156. The van der Waals surface area contributed by atoms with Gasteiger partial charge in [0.05, 0.1) is 16.8 Å². The Balaban J connectivity index is 1.53. The van der Waals surface area contributed by atoms with E-state index >= 15 is 0 Å². The number of anilines is 1. The molecule has 0 aliphatic heterocycles. The number of para-hydroxylation sites is 1. The summed E-state index contributed by atoms with van der Waals surface area (Å²) in [5, 5.41) is 17.0. The van der Waals surface area contributed by atoms with Crippen LogP contribution in [-0.4, -0.2) is 20.8 Å². The van der Waals surface area contributed by atoms with Crippen LogP contribution in [0.3, 0.4) is 0 Å². The van der Waals surface area contributed by atoms with Gasteiger partial charge in [-0.3, -0.25) is 4.57 Å². The summed E-state index contributed by atoms with van der Waals surface area (Å²) in [7, 11) is 0. The molecule has 1 heterocycles. The first kappa shape index (κ1) is 28.7. The highest BCUT2D eigenvalue weighted by atomic mass is 35.5. The summed E-state index contributed by atoms with van der Waals surface area (Å²) in [6.07, 6.45) is 0.494. The van der Waals surface area contributed by atoms with E-state index in [0.717, 1.165) is 16.8 Å². The third-order valence-electron chi connectivity index (χ3n) is 6.55. The fourth-order valence-electron chi connectivity index (χ4n) is 4.53. The lowest BCUT2D eigenvalue weighted by molar-refractivity contribution is 0.247. The van der Waals surface area contributed by atoms with Crippen LogP contribution in [0.25, 0.3) is 5.69 Å². The number of aryl methyl sites for hydroxylation is 2. The van der Waals surface area contributed by atoms with E-state index in [2.05, 4.69) is 46.0 Å². The summed E-state index contributed by atoms with van der Waals surface area (Å²) in [5.41, 5.74) is 5.79. The summed E-state index contributed by atoms with van der Waals surface area (Å²) >= 11 is 14.5. The molecular weight excluding hydrogens is 573 g/mol. The van der Waals surface area contributed by atoms with Crippen molar-refractivity contribution in [2.45, 2.75) is 37.2 Å². The second-order valence-electron chi connectivity index (χ2n) is 9.71. The van der Waals surface area contributed by atoms with Crippen LogP contribution in [0.5, 0.6) is 0 Å². The molecule has 2 amide bonds. The maximum Gasteiger partial charge on any atom is 0.319 e. The molecule has 0 fully saturated rings. The molecule has 0 bridgehead atoms. The van der Waals surface area contributed by atoms with Crippen molar-refractivity contribution < 1.29 is 4.79 Å². The zero-order chi connectivity index (χ0) is 28.8. The van der Waals surface area contributed by atoms with Crippen molar-refractivity contribution in [2.75, 3.05) is 5.32 Å². The van der Waals surface area contributed by atoms with Gasteiger partial charge >= 0.3 is 6.03 Å². The Morgan fingerprint density at radius 1 is 0.878 bits per heavy atom. The average Bonchev–Trinajstić information content (AvgIpc) is 3.37. The number of carbonyl (C=O) groups excluding carboxylic acids is 1. The van der Waals surface area contributed by atoms with E-state index in [9.17, 15) is 4.79 Å². The van der Waals surface area contributed by atoms with E-state index in [1.54, 1.807) is 23.9 Å². The number of benzene rings is 4. The molecule has 2 N–H and O–H groups in total. The summed E-state index contributed by atoms with van der Waals surface area (Å²) in [6.45, 7) is 4.03. The Labute approximate surface area is 254 Å². The Bertz CT molecular complexity index is 1660. The number of amides is 2. The van der Waals surface area contributed by atoms with E-state index in [0.29, 0.717) is 38.9 Å². The largest absolute Gasteiger partial charge is 0.327 e. The summed E-state index contributed by atoms with van der Waals surface area (Å²) in [4.78, 5) is 13.3. The molecule has 1 atom stereocenters. The molecule has 0 aliphatic carbocycles. The Hall–Kier alpha value is -3.78. The third kappa shape index (κ3) is 7.30. The molecule has 0 radical (unpaired) electrons. The van der Waals surface area contributed by atoms with Crippen LogP contribution in [-0.2, 0) is 12.2 Å². The highest BCUT2D eigenvalue weighted by molar-refractivity contribution is 7.98. The highest BCUT2D eigenvalue weighted by Crippen LogP contribution is 2.33. The monoisotopic (exact) mass is 601 g/mol. The van der Waals surface area contributed by atoms with Gasteiger partial charge in [-0.05, 0) is 54.8 Å². The maximum absolute atomic E-state index is 13.3. The van der Waals surface area contributed by atoms with E-state index < -0.39 is 6.04 Å². The molecule has 41 heavy (non-hydrogen) atoms. The van der Waals surface area contributed by atoms with Gasteiger partial charge in [-0.25, -0.2) is 4.79 Å². The molecule has 5 aromatic rings. The van der Waals surface area contributed by atoms with Crippen LogP contribution in [0.2, 0.25) is 10.0 Å². The molecule has 9 heteroatoms. The SMILES string of the molecule is Cc1cccc(CSc2nnc(C(Cc3ccccc3)NC(=O)Nc3ccccc3C)n2-c2ccc(Cl)cc2Cl)c1. The van der Waals surface area contributed by atoms with Crippen LogP contribution < -0.4 is 10.6 Å². The normalized spacial score (nSPS) is 11.7. The standard InChI is InChI=1S/C32H29Cl2N5OS/c1-21-9-8-13-24(17-21)20-41-32-38-37-30(39(32)29-16-15-25(33)19-26(29)34)28(18-23-11-4-3-5-12-23)36-31(40)35-27-14-7-6-10-22(27)2/h3-17,19,28H,18,20H2,1-2H3,(H2,35,36,40). The molecule has 6 nitrogen and oxygen atoms in total. The minimum absolute atomic E-state index is 0.342. The number of hydrogen-bond donors (Lipinski definition) is 2. The van der Waals surface area contributed by atoms with Crippen molar-refractivity contribution in [3.05, 3.63) is 135 Å². The second kappa shape index (κ2) is 13.3. The first-order chi connectivity index (χ1) is 19.9. The Morgan fingerprint density at radius 3 is 2.39 bits per heavy atom. The van der Waals surface area contributed by atoms with Gasteiger partial charge in [0.1, 0.15) is 0 Å². The van der Waals surface area contributed by atoms with Crippen molar-refractivity contribution >= 4 is 46.7 Å². The number of rotatable bonds is 9. The lowest BCUT2D eigenvalue weighted by Gasteiger charge is -2.21.